The third-order valence-corrected chi connectivity index (χ3v) is 2.72. The molecule has 6 heteroatoms. The number of amides is 1. The molecule has 0 aliphatic carbocycles. The Morgan fingerprint density at radius 2 is 2.11 bits per heavy atom. The third-order valence-electron chi connectivity index (χ3n) is 2.72. The summed E-state index contributed by atoms with van der Waals surface area (Å²) in [6, 6.07) is 5.69. The van der Waals surface area contributed by atoms with Gasteiger partial charge in [0.1, 0.15) is 11.9 Å². The molecule has 1 heterocycles. The van der Waals surface area contributed by atoms with Crippen molar-refractivity contribution in [2.45, 2.75) is 12.5 Å². The van der Waals surface area contributed by atoms with Gasteiger partial charge in [-0.1, -0.05) is 12.1 Å². The molecule has 1 atom stereocenters. The highest BCUT2D eigenvalue weighted by Gasteiger charge is 2.32. The average molecular weight is 253 g/mol. The molecule has 1 aromatic carbocycles. The van der Waals surface area contributed by atoms with Crippen molar-refractivity contribution in [1.29, 1.82) is 0 Å². The van der Waals surface area contributed by atoms with E-state index in [9.17, 15) is 14.0 Å². The molecule has 0 spiro atoms. The lowest BCUT2D eigenvalue weighted by atomic mass is 10.1. The van der Waals surface area contributed by atoms with Crippen molar-refractivity contribution in [2.24, 2.45) is 0 Å². The molecule has 0 bridgehead atoms. The van der Waals surface area contributed by atoms with Gasteiger partial charge < -0.3 is 14.7 Å². The topological polar surface area (TPSA) is 66.8 Å². The molecule has 2 rings (SSSR count). The zero-order valence-corrected chi connectivity index (χ0v) is 9.51. The minimum absolute atomic E-state index is 0.117. The predicted molar refractivity (Wildman–Crippen MR) is 59.4 cm³/mol. The summed E-state index contributed by atoms with van der Waals surface area (Å²) in [6.07, 6.45) is -1.12. The standard InChI is InChI=1S/C12H12FNO4/c13-9-3-1-8(2-4-9)10-7-14(12(17)18-10)6-5-11(15)16/h1-4,10H,5-7H2,(H,15,16). The van der Waals surface area contributed by atoms with Crippen LogP contribution in [0.15, 0.2) is 24.3 Å². The van der Waals surface area contributed by atoms with Crippen LogP contribution in [0, 0.1) is 5.82 Å². The Balaban J connectivity index is 1.99. The number of carbonyl (C=O) groups is 2. The summed E-state index contributed by atoms with van der Waals surface area (Å²) in [5.41, 5.74) is 0.697. The number of carboxylic acids is 1. The van der Waals surface area contributed by atoms with Crippen LogP contribution in [0.4, 0.5) is 9.18 Å². The van der Waals surface area contributed by atoms with Crippen molar-refractivity contribution in [3.63, 3.8) is 0 Å². The lowest BCUT2D eigenvalue weighted by Gasteiger charge is -2.10. The molecule has 18 heavy (non-hydrogen) atoms. The smallest absolute Gasteiger partial charge is 0.410 e. The number of halogens is 1. The number of carbonyl (C=O) groups excluding carboxylic acids is 1. The Hall–Kier alpha value is -2.11. The van der Waals surface area contributed by atoms with E-state index in [1.54, 1.807) is 12.1 Å². The molecule has 0 radical (unpaired) electrons. The predicted octanol–water partition coefficient (Wildman–Crippen LogP) is 1.79. The Morgan fingerprint density at radius 1 is 1.44 bits per heavy atom. The largest absolute Gasteiger partial charge is 0.481 e. The fourth-order valence-electron chi connectivity index (χ4n) is 1.77. The van der Waals surface area contributed by atoms with Crippen molar-refractivity contribution in [3.05, 3.63) is 35.6 Å². The zero-order valence-electron chi connectivity index (χ0n) is 9.51. The first kappa shape index (κ1) is 12.3. The quantitative estimate of drug-likeness (QED) is 0.888. The summed E-state index contributed by atoms with van der Waals surface area (Å²) < 4.78 is 17.9. The van der Waals surface area contributed by atoms with Crippen LogP contribution in [0.3, 0.4) is 0 Å². The molecule has 0 aromatic heterocycles. The van der Waals surface area contributed by atoms with Gasteiger partial charge in [0.2, 0.25) is 0 Å². The number of nitrogens with zero attached hydrogens (tertiary/aromatic N) is 1. The summed E-state index contributed by atoms with van der Waals surface area (Å²) in [4.78, 5) is 23.2. The fourth-order valence-corrected chi connectivity index (χ4v) is 1.77. The summed E-state index contributed by atoms with van der Waals surface area (Å²) in [6.45, 7) is 0.406. The minimum atomic E-state index is -0.965. The van der Waals surface area contributed by atoms with Crippen molar-refractivity contribution >= 4 is 12.1 Å². The number of benzene rings is 1. The first-order valence-electron chi connectivity index (χ1n) is 5.49. The van der Waals surface area contributed by atoms with E-state index in [1.165, 1.54) is 17.0 Å². The van der Waals surface area contributed by atoms with Gasteiger partial charge in [0, 0.05) is 6.54 Å². The van der Waals surface area contributed by atoms with Gasteiger partial charge in [0.05, 0.1) is 13.0 Å². The normalized spacial score (nSPS) is 18.8. The number of aliphatic carboxylic acids is 1. The maximum Gasteiger partial charge on any atom is 0.410 e. The van der Waals surface area contributed by atoms with Gasteiger partial charge in [-0.05, 0) is 17.7 Å². The Bertz CT molecular complexity index is 460. The van der Waals surface area contributed by atoms with E-state index in [-0.39, 0.29) is 25.3 Å². The number of cyclic esters (lactones) is 1. The molecule has 1 unspecified atom stereocenters. The van der Waals surface area contributed by atoms with Crippen molar-refractivity contribution in [1.82, 2.24) is 4.90 Å². The minimum Gasteiger partial charge on any atom is -0.481 e. The van der Waals surface area contributed by atoms with E-state index in [2.05, 4.69) is 0 Å². The second kappa shape index (κ2) is 5.03. The van der Waals surface area contributed by atoms with Gasteiger partial charge in [0.25, 0.3) is 0 Å². The molecule has 1 saturated heterocycles. The Labute approximate surface area is 103 Å². The summed E-state index contributed by atoms with van der Waals surface area (Å²) in [5, 5.41) is 8.55. The monoisotopic (exact) mass is 253 g/mol. The summed E-state index contributed by atoms with van der Waals surface area (Å²) >= 11 is 0. The average Bonchev–Trinajstić information content (AvgIpc) is 2.69. The molecular formula is C12H12FNO4. The lowest BCUT2D eigenvalue weighted by Crippen LogP contribution is -2.27. The van der Waals surface area contributed by atoms with E-state index in [1.807, 2.05) is 0 Å². The van der Waals surface area contributed by atoms with Gasteiger partial charge in [-0.3, -0.25) is 4.79 Å². The van der Waals surface area contributed by atoms with Crippen LogP contribution < -0.4 is 0 Å². The molecule has 1 aliphatic heterocycles. The van der Waals surface area contributed by atoms with Crippen molar-refractivity contribution < 1.29 is 23.8 Å². The maximum absolute atomic E-state index is 12.8. The number of hydrogen-bond acceptors (Lipinski definition) is 3. The van der Waals surface area contributed by atoms with E-state index in [0.29, 0.717) is 5.56 Å². The lowest BCUT2D eigenvalue weighted by molar-refractivity contribution is -0.137. The van der Waals surface area contributed by atoms with Crippen LogP contribution >= 0.6 is 0 Å². The van der Waals surface area contributed by atoms with Gasteiger partial charge in [0.15, 0.2) is 0 Å². The molecule has 0 saturated carbocycles. The van der Waals surface area contributed by atoms with Crippen LogP contribution in [0.25, 0.3) is 0 Å². The van der Waals surface area contributed by atoms with Gasteiger partial charge >= 0.3 is 12.1 Å². The molecule has 96 valence electrons. The first-order valence-corrected chi connectivity index (χ1v) is 5.49. The number of rotatable bonds is 4. The maximum atomic E-state index is 12.8. The number of hydrogen-bond donors (Lipinski definition) is 1. The first-order chi connectivity index (χ1) is 8.56. The molecule has 5 nitrogen and oxygen atoms in total. The van der Waals surface area contributed by atoms with Crippen LogP contribution in [-0.2, 0) is 9.53 Å². The van der Waals surface area contributed by atoms with Crippen LogP contribution in [0.1, 0.15) is 18.1 Å². The molecule has 1 fully saturated rings. The molecule has 1 amide bonds. The number of carboxylic acid groups (broad SMARTS) is 1. The Kier molecular flexibility index (Phi) is 3.45. The van der Waals surface area contributed by atoms with Gasteiger partial charge in [-0.2, -0.15) is 0 Å². The van der Waals surface area contributed by atoms with Gasteiger partial charge in [-0.15, -0.1) is 0 Å². The zero-order chi connectivity index (χ0) is 13.1. The third kappa shape index (κ3) is 2.77. The van der Waals surface area contributed by atoms with Gasteiger partial charge in [-0.25, -0.2) is 9.18 Å². The van der Waals surface area contributed by atoms with Crippen molar-refractivity contribution in [3.8, 4) is 0 Å². The van der Waals surface area contributed by atoms with Crippen LogP contribution in [-0.4, -0.2) is 35.2 Å². The van der Waals surface area contributed by atoms with E-state index in [0.717, 1.165) is 0 Å². The van der Waals surface area contributed by atoms with Crippen LogP contribution in [0.5, 0.6) is 0 Å². The fraction of sp³-hybridized carbons (Fsp3) is 0.333. The second-order valence-corrected chi connectivity index (χ2v) is 4.01. The molecule has 1 N–H and O–H groups in total. The van der Waals surface area contributed by atoms with E-state index >= 15 is 0 Å². The molecule has 1 aliphatic rings. The highest BCUT2D eigenvalue weighted by Crippen LogP contribution is 2.26. The Morgan fingerprint density at radius 3 is 2.72 bits per heavy atom. The summed E-state index contributed by atoms with van der Waals surface area (Å²) in [5.74, 6) is -1.32. The summed E-state index contributed by atoms with van der Waals surface area (Å²) in [7, 11) is 0. The highest BCUT2D eigenvalue weighted by molar-refractivity contribution is 5.72. The van der Waals surface area contributed by atoms with E-state index in [4.69, 9.17) is 9.84 Å². The van der Waals surface area contributed by atoms with Crippen LogP contribution in [0.2, 0.25) is 0 Å². The second-order valence-electron chi connectivity index (χ2n) is 4.01. The van der Waals surface area contributed by atoms with Crippen molar-refractivity contribution in [2.75, 3.05) is 13.1 Å². The molecular weight excluding hydrogens is 241 g/mol. The SMILES string of the molecule is O=C(O)CCN1CC(c2ccc(F)cc2)OC1=O. The highest BCUT2D eigenvalue weighted by atomic mass is 19.1. The van der Waals surface area contributed by atoms with E-state index < -0.39 is 18.2 Å². The molecule has 1 aromatic rings. The number of ether oxygens (including phenoxy) is 1.